The minimum Gasteiger partial charge on any atom is -0.264 e. The average molecular weight is 299 g/mol. The molecule has 108 valence electrons. The van der Waals surface area contributed by atoms with Gasteiger partial charge >= 0.3 is 0 Å². The summed E-state index contributed by atoms with van der Waals surface area (Å²) in [6.45, 7) is 0. The molecular weight excluding hydrogens is 282 g/mol. The zero-order valence-electron chi connectivity index (χ0n) is 11.7. The summed E-state index contributed by atoms with van der Waals surface area (Å²) in [6, 6.07) is 8.20. The van der Waals surface area contributed by atoms with Crippen molar-refractivity contribution in [3.8, 4) is 0 Å². The van der Waals surface area contributed by atoms with Crippen molar-refractivity contribution < 1.29 is 8.42 Å². The molecule has 1 fully saturated rings. The fraction of sp³-hybridized carbons (Fsp3) is 0.353. The molecule has 4 heteroatoms. The second-order valence-corrected chi connectivity index (χ2v) is 8.43. The molecule has 2 atom stereocenters. The van der Waals surface area contributed by atoms with Crippen LogP contribution in [-0.2, 0) is 9.84 Å². The second kappa shape index (κ2) is 4.67. The highest BCUT2D eigenvalue weighted by atomic mass is 32.2. The van der Waals surface area contributed by atoms with Gasteiger partial charge in [0, 0.05) is 17.8 Å². The summed E-state index contributed by atoms with van der Waals surface area (Å²) >= 11 is 0. The van der Waals surface area contributed by atoms with Crippen LogP contribution in [0.25, 0.3) is 16.3 Å². The molecule has 2 aliphatic rings. The van der Waals surface area contributed by atoms with Crippen LogP contribution in [0.15, 0.2) is 42.7 Å². The molecule has 21 heavy (non-hydrogen) atoms. The van der Waals surface area contributed by atoms with E-state index in [0.717, 1.165) is 35.6 Å². The van der Waals surface area contributed by atoms with Crippen LogP contribution in [-0.4, -0.2) is 23.9 Å². The number of allylic oxidation sites excluding steroid dienone is 1. The number of nitrogens with zero attached hydrogens (tertiary/aromatic N) is 1. The fourth-order valence-electron chi connectivity index (χ4n) is 3.65. The summed E-state index contributed by atoms with van der Waals surface area (Å²) in [5.74, 6) is 0. The van der Waals surface area contributed by atoms with E-state index in [4.69, 9.17) is 0 Å². The predicted octanol–water partition coefficient (Wildman–Crippen LogP) is 3.36. The molecule has 0 radical (unpaired) electrons. The van der Waals surface area contributed by atoms with Crippen molar-refractivity contribution in [2.24, 2.45) is 0 Å². The first kappa shape index (κ1) is 13.0. The lowest BCUT2D eigenvalue weighted by Crippen LogP contribution is -2.38. The SMILES string of the molecule is O=S1(=O)C2C=C(c3cccc4ccncc34)CC1CCC2. The van der Waals surface area contributed by atoms with Crippen LogP contribution in [0, 0.1) is 0 Å². The van der Waals surface area contributed by atoms with Gasteiger partial charge in [-0.1, -0.05) is 30.7 Å². The molecule has 1 aromatic heterocycles. The van der Waals surface area contributed by atoms with Gasteiger partial charge in [0.25, 0.3) is 0 Å². The minimum absolute atomic E-state index is 0.192. The molecule has 2 bridgehead atoms. The van der Waals surface area contributed by atoms with Gasteiger partial charge in [0.2, 0.25) is 0 Å². The topological polar surface area (TPSA) is 47.0 Å². The molecule has 3 nitrogen and oxygen atoms in total. The maximum Gasteiger partial charge on any atom is 0.159 e. The number of fused-ring (bicyclic) bond motifs is 3. The Morgan fingerprint density at radius 1 is 1.14 bits per heavy atom. The van der Waals surface area contributed by atoms with E-state index >= 15 is 0 Å². The highest BCUT2D eigenvalue weighted by Crippen LogP contribution is 2.40. The summed E-state index contributed by atoms with van der Waals surface area (Å²) in [5, 5.41) is 1.79. The van der Waals surface area contributed by atoms with E-state index < -0.39 is 9.84 Å². The van der Waals surface area contributed by atoms with E-state index in [1.54, 1.807) is 6.20 Å². The van der Waals surface area contributed by atoms with Gasteiger partial charge in [-0.05, 0) is 41.9 Å². The van der Waals surface area contributed by atoms with Crippen molar-refractivity contribution in [3.63, 3.8) is 0 Å². The van der Waals surface area contributed by atoms with Crippen LogP contribution in [0.3, 0.4) is 0 Å². The molecule has 1 aromatic carbocycles. The molecule has 0 N–H and O–H groups in total. The largest absolute Gasteiger partial charge is 0.264 e. The van der Waals surface area contributed by atoms with Crippen molar-refractivity contribution in [3.05, 3.63) is 48.3 Å². The maximum atomic E-state index is 12.4. The zero-order chi connectivity index (χ0) is 14.4. The summed E-state index contributed by atoms with van der Waals surface area (Å²) in [6.07, 6.45) is 8.91. The van der Waals surface area contributed by atoms with Crippen LogP contribution < -0.4 is 0 Å². The Morgan fingerprint density at radius 2 is 2.05 bits per heavy atom. The van der Waals surface area contributed by atoms with E-state index in [-0.39, 0.29) is 10.5 Å². The number of hydrogen-bond donors (Lipinski definition) is 0. The number of aromatic nitrogens is 1. The minimum atomic E-state index is -2.95. The number of sulfone groups is 1. The third-order valence-corrected chi connectivity index (χ3v) is 7.31. The summed E-state index contributed by atoms with van der Waals surface area (Å²) in [7, 11) is -2.95. The van der Waals surface area contributed by atoms with Gasteiger partial charge < -0.3 is 0 Å². The van der Waals surface area contributed by atoms with E-state index in [1.807, 2.05) is 24.4 Å². The first-order chi connectivity index (χ1) is 10.2. The van der Waals surface area contributed by atoms with Crippen molar-refractivity contribution >= 4 is 26.2 Å². The Kier molecular flexibility index (Phi) is 2.89. The first-order valence-corrected chi connectivity index (χ1v) is 9.04. The summed E-state index contributed by atoms with van der Waals surface area (Å²) < 4.78 is 24.8. The Balaban J connectivity index is 1.89. The highest BCUT2D eigenvalue weighted by molar-refractivity contribution is 7.93. The van der Waals surface area contributed by atoms with Gasteiger partial charge in [-0.15, -0.1) is 0 Å². The van der Waals surface area contributed by atoms with Gasteiger partial charge in [-0.3, -0.25) is 4.98 Å². The molecule has 0 amide bonds. The molecule has 2 aromatic rings. The van der Waals surface area contributed by atoms with Gasteiger partial charge in [0.1, 0.15) is 0 Å². The third kappa shape index (κ3) is 2.01. The predicted molar refractivity (Wildman–Crippen MR) is 84.7 cm³/mol. The van der Waals surface area contributed by atoms with Crippen molar-refractivity contribution in [2.45, 2.75) is 36.2 Å². The maximum absolute atomic E-state index is 12.4. The second-order valence-electron chi connectivity index (χ2n) is 5.98. The molecule has 3 heterocycles. The molecule has 2 aliphatic heterocycles. The number of pyridine rings is 1. The summed E-state index contributed by atoms with van der Waals surface area (Å²) in [4.78, 5) is 4.22. The van der Waals surface area contributed by atoms with E-state index in [0.29, 0.717) is 6.42 Å². The Bertz CT molecular complexity index is 833. The highest BCUT2D eigenvalue weighted by Gasteiger charge is 2.40. The molecule has 2 unspecified atom stereocenters. The van der Waals surface area contributed by atoms with Crippen LogP contribution in [0.5, 0.6) is 0 Å². The number of rotatable bonds is 1. The van der Waals surface area contributed by atoms with E-state index in [1.165, 1.54) is 5.57 Å². The number of hydrogen-bond acceptors (Lipinski definition) is 3. The van der Waals surface area contributed by atoms with Crippen LogP contribution in [0.4, 0.5) is 0 Å². The van der Waals surface area contributed by atoms with Crippen LogP contribution in [0.2, 0.25) is 0 Å². The molecule has 4 rings (SSSR count). The summed E-state index contributed by atoms with van der Waals surface area (Å²) in [5.41, 5.74) is 2.32. The molecule has 0 spiro atoms. The van der Waals surface area contributed by atoms with Crippen LogP contribution in [0.1, 0.15) is 31.2 Å². The Morgan fingerprint density at radius 3 is 2.90 bits per heavy atom. The van der Waals surface area contributed by atoms with Crippen LogP contribution >= 0.6 is 0 Å². The lowest BCUT2D eigenvalue weighted by atomic mass is 9.91. The normalized spacial score (nSPS) is 27.3. The zero-order valence-corrected chi connectivity index (χ0v) is 12.5. The molecule has 1 saturated heterocycles. The smallest absolute Gasteiger partial charge is 0.159 e. The third-order valence-electron chi connectivity index (χ3n) is 4.77. The van der Waals surface area contributed by atoms with E-state index in [9.17, 15) is 8.42 Å². The van der Waals surface area contributed by atoms with Crippen molar-refractivity contribution in [2.75, 3.05) is 0 Å². The molecular formula is C17H17NO2S. The Hall–Kier alpha value is -1.68. The van der Waals surface area contributed by atoms with Gasteiger partial charge in [0.15, 0.2) is 9.84 Å². The average Bonchev–Trinajstić information content (AvgIpc) is 2.46. The molecule has 0 saturated carbocycles. The lowest BCUT2D eigenvalue weighted by molar-refractivity contribution is 0.518. The monoisotopic (exact) mass is 299 g/mol. The lowest BCUT2D eigenvalue weighted by Gasteiger charge is -2.33. The standard InChI is InChI=1S/C17H17NO2S/c19-21(20)14-4-2-5-15(21)10-13(9-14)16-6-1-3-12-7-8-18-11-17(12)16/h1,3,6-9,11,14-15H,2,4-5,10H2. The van der Waals surface area contributed by atoms with E-state index in [2.05, 4.69) is 17.1 Å². The van der Waals surface area contributed by atoms with Crippen molar-refractivity contribution in [1.82, 2.24) is 4.98 Å². The number of benzene rings is 1. The molecule has 0 aliphatic carbocycles. The van der Waals surface area contributed by atoms with Gasteiger partial charge in [0.05, 0.1) is 10.5 Å². The Labute approximate surface area is 124 Å². The van der Waals surface area contributed by atoms with Gasteiger partial charge in [-0.2, -0.15) is 0 Å². The van der Waals surface area contributed by atoms with Crippen molar-refractivity contribution in [1.29, 1.82) is 0 Å². The quantitative estimate of drug-likeness (QED) is 0.811. The van der Waals surface area contributed by atoms with Gasteiger partial charge in [-0.25, -0.2) is 8.42 Å². The fourth-order valence-corrected chi connectivity index (χ4v) is 5.90. The first-order valence-electron chi connectivity index (χ1n) is 7.43.